The van der Waals surface area contributed by atoms with Crippen molar-refractivity contribution in [3.8, 4) is 0 Å². The van der Waals surface area contributed by atoms with Crippen molar-refractivity contribution in [1.82, 2.24) is 8.61 Å². The topological polar surface area (TPSA) is 104 Å². The highest BCUT2D eigenvalue weighted by Crippen LogP contribution is 2.23. The smallest absolute Gasteiger partial charge is 0.244 e. The van der Waals surface area contributed by atoms with Gasteiger partial charge in [-0.2, -0.15) is 0 Å². The number of amides is 1. The summed E-state index contributed by atoms with van der Waals surface area (Å²) in [6.07, 6.45) is 0.199. The summed E-state index contributed by atoms with van der Waals surface area (Å²) in [5.74, 6) is -0.978. The van der Waals surface area contributed by atoms with E-state index in [0.717, 1.165) is 20.7 Å². The van der Waals surface area contributed by atoms with E-state index in [1.807, 2.05) is 0 Å². The monoisotopic (exact) mass is 457 g/mol. The number of hydrogen-bond donors (Lipinski definition) is 1. The fourth-order valence-corrected chi connectivity index (χ4v) is 4.82. The molecule has 0 fully saturated rings. The van der Waals surface area contributed by atoms with Crippen LogP contribution in [0.15, 0.2) is 58.3 Å². The zero-order valence-corrected chi connectivity index (χ0v) is 18.5. The molecule has 0 heterocycles. The first kappa shape index (κ1) is 23.9. The van der Waals surface area contributed by atoms with Gasteiger partial charge in [-0.15, -0.1) is 0 Å². The molecule has 30 heavy (non-hydrogen) atoms. The molecule has 0 aromatic heterocycles. The maximum absolute atomic E-state index is 13.0. The molecule has 2 aromatic carbocycles. The zero-order valence-electron chi connectivity index (χ0n) is 16.9. The lowest BCUT2D eigenvalue weighted by molar-refractivity contribution is -0.116. The van der Waals surface area contributed by atoms with Crippen LogP contribution in [0.3, 0.4) is 0 Å². The zero-order chi connectivity index (χ0) is 22.5. The molecule has 0 spiro atoms. The second kappa shape index (κ2) is 9.65. The minimum Gasteiger partial charge on any atom is -0.325 e. The Bertz CT molecular complexity index is 1100. The fraction of sp³-hybridized carbons (Fsp3) is 0.316. The Morgan fingerprint density at radius 3 is 2.13 bits per heavy atom. The Morgan fingerprint density at radius 2 is 1.53 bits per heavy atom. The second-order valence-corrected chi connectivity index (χ2v) is 10.9. The van der Waals surface area contributed by atoms with Crippen molar-refractivity contribution >= 4 is 31.6 Å². The van der Waals surface area contributed by atoms with Crippen molar-refractivity contribution in [2.75, 3.05) is 33.0 Å². The molecule has 0 unspecified atom stereocenters. The highest BCUT2D eigenvalue weighted by molar-refractivity contribution is 7.89. The van der Waals surface area contributed by atoms with Gasteiger partial charge in [0.05, 0.1) is 10.6 Å². The van der Waals surface area contributed by atoms with E-state index in [9.17, 15) is 26.0 Å². The van der Waals surface area contributed by atoms with Crippen molar-refractivity contribution < 1.29 is 26.0 Å². The Kier molecular flexibility index (Phi) is 7.70. The van der Waals surface area contributed by atoms with Crippen LogP contribution < -0.4 is 5.32 Å². The molecule has 1 N–H and O–H groups in total. The molecule has 1 amide bonds. The lowest BCUT2D eigenvalue weighted by Gasteiger charge is -2.17. The summed E-state index contributed by atoms with van der Waals surface area (Å²) in [4.78, 5) is 12.2. The van der Waals surface area contributed by atoms with E-state index in [1.165, 1.54) is 45.4 Å². The molecule has 2 aromatic rings. The molecule has 0 aliphatic carbocycles. The minimum absolute atomic E-state index is 0.0143. The van der Waals surface area contributed by atoms with Gasteiger partial charge in [0.2, 0.25) is 26.0 Å². The molecule has 164 valence electrons. The molecule has 0 atom stereocenters. The average Bonchev–Trinajstić information content (AvgIpc) is 2.68. The molecule has 0 radical (unpaired) electrons. The summed E-state index contributed by atoms with van der Waals surface area (Å²) in [5, 5.41) is 2.57. The van der Waals surface area contributed by atoms with Crippen molar-refractivity contribution in [3.05, 3.63) is 54.3 Å². The largest absolute Gasteiger partial charge is 0.325 e. The molecule has 0 aliphatic rings. The van der Waals surface area contributed by atoms with E-state index in [-0.39, 0.29) is 34.9 Å². The number of halogens is 1. The first-order valence-electron chi connectivity index (χ1n) is 8.99. The summed E-state index contributed by atoms with van der Waals surface area (Å²) in [5.41, 5.74) is 0.156. The van der Waals surface area contributed by atoms with E-state index in [1.54, 1.807) is 12.1 Å². The van der Waals surface area contributed by atoms with Gasteiger partial charge in [0.1, 0.15) is 10.7 Å². The maximum Gasteiger partial charge on any atom is 0.244 e. The molecule has 0 saturated carbocycles. The predicted octanol–water partition coefficient (Wildman–Crippen LogP) is 2.12. The molecule has 0 aliphatic heterocycles. The van der Waals surface area contributed by atoms with Crippen LogP contribution in [0.4, 0.5) is 10.1 Å². The van der Waals surface area contributed by atoms with Gasteiger partial charge in [-0.05, 0) is 42.8 Å². The summed E-state index contributed by atoms with van der Waals surface area (Å²) in [6.45, 7) is 0.0603. The quantitative estimate of drug-likeness (QED) is 0.621. The number of sulfonamides is 2. The number of hydrogen-bond acceptors (Lipinski definition) is 5. The van der Waals surface area contributed by atoms with Crippen LogP contribution >= 0.6 is 0 Å². The Labute approximate surface area is 176 Å². The van der Waals surface area contributed by atoms with Gasteiger partial charge in [-0.1, -0.05) is 12.1 Å². The third-order valence-corrected chi connectivity index (χ3v) is 8.06. The van der Waals surface area contributed by atoms with Crippen LogP contribution in [0.5, 0.6) is 0 Å². The van der Waals surface area contributed by atoms with Gasteiger partial charge in [-0.3, -0.25) is 4.79 Å². The van der Waals surface area contributed by atoms with E-state index >= 15 is 0 Å². The van der Waals surface area contributed by atoms with Gasteiger partial charge in [0.15, 0.2) is 0 Å². The van der Waals surface area contributed by atoms with E-state index in [2.05, 4.69) is 5.32 Å². The minimum atomic E-state index is -3.80. The Morgan fingerprint density at radius 1 is 0.933 bits per heavy atom. The SMILES string of the molecule is CN(C)S(=O)(=O)c1ccccc1NC(=O)CCCN(C)S(=O)(=O)c1ccc(F)cc1. The Hall–Kier alpha value is -2.34. The number of carbonyl (C=O) groups is 1. The number of rotatable bonds is 9. The average molecular weight is 458 g/mol. The molecule has 0 bridgehead atoms. The van der Waals surface area contributed by atoms with Gasteiger partial charge < -0.3 is 5.32 Å². The van der Waals surface area contributed by atoms with Crippen LogP contribution in [0.1, 0.15) is 12.8 Å². The molecule has 8 nitrogen and oxygen atoms in total. The molecular weight excluding hydrogens is 433 g/mol. The number of anilines is 1. The number of para-hydroxylation sites is 1. The van der Waals surface area contributed by atoms with Crippen molar-refractivity contribution in [2.24, 2.45) is 0 Å². The second-order valence-electron chi connectivity index (χ2n) is 6.72. The van der Waals surface area contributed by atoms with Crippen LogP contribution in [0.2, 0.25) is 0 Å². The number of nitrogens with one attached hydrogen (secondary N) is 1. The molecule has 11 heteroatoms. The normalized spacial score (nSPS) is 12.3. The van der Waals surface area contributed by atoms with Crippen LogP contribution in [-0.2, 0) is 24.8 Å². The van der Waals surface area contributed by atoms with Gasteiger partial charge in [0.25, 0.3) is 0 Å². The van der Waals surface area contributed by atoms with Crippen LogP contribution in [0.25, 0.3) is 0 Å². The third kappa shape index (κ3) is 5.63. The van der Waals surface area contributed by atoms with E-state index in [0.29, 0.717) is 0 Å². The number of carbonyl (C=O) groups excluding carboxylic acids is 1. The highest BCUT2D eigenvalue weighted by Gasteiger charge is 2.23. The van der Waals surface area contributed by atoms with Gasteiger partial charge in [0, 0.05) is 34.1 Å². The summed E-state index contributed by atoms with van der Waals surface area (Å²) in [6, 6.07) is 10.5. The molecule has 2 rings (SSSR count). The van der Waals surface area contributed by atoms with Crippen LogP contribution in [0, 0.1) is 5.82 Å². The van der Waals surface area contributed by atoms with E-state index in [4.69, 9.17) is 0 Å². The third-order valence-electron chi connectivity index (χ3n) is 4.32. The summed E-state index contributed by atoms with van der Waals surface area (Å²) >= 11 is 0. The van der Waals surface area contributed by atoms with Crippen molar-refractivity contribution in [3.63, 3.8) is 0 Å². The van der Waals surface area contributed by atoms with Gasteiger partial charge >= 0.3 is 0 Å². The molecule has 0 saturated heterocycles. The van der Waals surface area contributed by atoms with E-state index < -0.39 is 31.8 Å². The first-order chi connectivity index (χ1) is 14.0. The standard InChI is InChI=1S/C19H24FN3O5S2/c1-22(2)30(27,28)18-8-5-4-7-17(18)21-19(24)9-6-14-23(3)29(25,26)16-12-10-15(20)11-13-16/h4-5,7-8,10-13H,6,9,14H2,1-3H3,(H,21,24). The first-order valence-corrected chi connectivity index (χ1v) is 11.9. The molecular formula is C19H24FN3O5S2. The lowest BCUT2D eigenvalue weighted by Crippen LogP contribution is -2.29. The number of nitrogens with zero attached hydrogens (tertiary/aromatic N) is 2. The Balaban J connectivity index is 1.99. The van der Waals surface area contributed by atoms with Crippen molar-refractivity contribution in [2.45, 2.75) is 22.6 Å². The fourth-order valence-electron chi connectivity index (χ4n) is 2.57. The van der Waals surface area contributed by atoms with Crippen LogP contribution in [-0.4, -0.2) is 59.0 Å². The highest BCUT2D eigenvalue weighted by atomic mass is 32.2. The van der Waals surface area contributed by atoms with Crippen molar-refractivity contribution in [1.29, 1.82) is 0 Å². The lowest BCUT2D eigenvalue weighted by atomic mass is 10.2. The number of benzene rings is 2. The summed E-state index contributed by atoms with van der Waals surface area (Å²) in [7, 11) is -3.37. The van der Waals surface area contributed by atoms with Gasteiger partial charge in [-0.25, -0.2) is 29.8 Å². The predicted molar refractivity (Wildman–Crippen MR) is 111 cm³/mol. The maximum atomic E-state index is 13.0. The summed E-state index contributed by atoms with van der Waals surface area (Å²) < 4.78 is 64.8.